The van der Waals surface area contributed by atoms with Crippen LogP contribution >= 0.6 is 11.3 Å². The van der Waals surface area contributed by atoms with Gasteiger partial charge in [0.2, 0.25) is 0 Å². The van der Waals surface area contributed by atoms with Gasteiger partial charge in [-0.1, -0.05) is 0 Å². The molecule has 1 aliphatic heterocycles. The van der Waals surface area contributed by atoms with E-state index >= 15 is 0 Å². The zero-order valence-corrected chi connectivity index (χ0v) is 14.3. The van der Waals surface area contributed by atoms with E-state index in [1.807, 2.05) is 26.8 Å². The Morgan fingerprint density at radius 2 is 2.14 bits per heavy atom. The third-order valence-corrected chi connectivity index (χ3v) is 5.53. The van der Waals surface area contributed by atoms with Crippen molar-refractivity contribution in [3.8, 4) is 0 Å². The first-order chi connectivity index (χ1) is 10.3. The van der Waals surface area contributed by atoms with Crippen LogP contribution in [0.3, 0.4) is 0 Å². The second kappa shape index (κ2) is 5.30. The molecule has 3 heterocycles. The molecule has 0 aliphatic carbocycles. The summed E-state index contributed by atoms with van der Waals surface area (Å²) in [7, 11) is 0. The van der Waals surface area contributed by atoms with Gasteiger partial charge in [-0.3, -0.25) is 4.79 Å². The van der Waals surface area contributed by atoms with E-state index in [0.717, 1.165) is 33.5 Å². The fourth-order valence-electron chi connectivity index (χ4n) is 3.33. The average molecular weight is 320 g/mol. The zero-order chi connectivity index (χ0) is 16.1. The van der Waals surface area contributed by atoms with Gasteiger partial charge >= 0.3 is 0 Å². The van der Waals surface area contributed by atoms with Crippen LogP contribution in [0.1, 0.15) is 46.3 Å². The minimum atomic E-state index is -1.27. The SMILES string of the molecule is Cc1cc(C)c2c(C)c(C(=O)N3CCCC(C)(F)C3)sc2n1. The molecular formula is C17H21FN2OS. The maximum atomic E-state index is 14.2. The number of piperidine rings is 1. The Bertz CT molecular complexity index is 751. The number of rotatable bonds is 1. The van der Waals surface area contributed by atoms with Gasteiger partial charge < -0.3 is 4.90 Å². The molecule has 1 unspecified atom stereocenters. The molecule has 0 aromatic carbocycles. The number of carbonyl (C=O) groups excluding carboxylic acids is 1. The van der Waals surface area contributed by atoms with Crippen molar-refractivity contribution in [3.05, 3.63) is 27.8 Å². The maximum absolute atomic E-state index is 14.2. The second-order valence-corrected chi connectivity index (χ2v) is 7.56. The molecule has 2 aromatic rings. The first kappa shape index (κ1) is 15.4. The molecule has 1 saturated heterocycles. The Morgan fingerprint density at radius 1 is 1.41 bits per heavy atom. The normalized spacial score (nSPS) is 22.3. The number of hydrogen-bond acceptors (Lipinski definition) is 3. The van der Waals surface area contributed by atoms with E-state index in [-0.39, 0.29) is 12.5 Å². The molecule has 5 heteroatoms. The van der Waals surface area contributed by atoms with Gasteiger partial charge in [0, 0.05) is 17.6 Å². The van der Waals surface area contributed by atoms with Gasteiger partial charge in [-0.25, -0.2) is 9.37 Å². The number of hydrogen-bond donors (Lipinski definition) is 0. The summed E-state index contributed by atoms with van der Waals surface area (Å²) >= 11 is 1.43. The van der Waals surface area contributed by atoms with Crippen LogP contribution in [-0.4, -0.2) is 34.5 Å². The minimum absolute atomic E-state index is 0.0545. The summed E-state index contributed by atoms with van der Waals surface area (Å²) in [5.74, 6) is -0.0545. The number of thiophene rings is 1. The third-order valence-electron chi connectivity index (χ3n) is 4.35. The number of likely N-dealkylation sites (tertiary alicyclic amines) is 1. The van der Waals surface area contributed by atoms with E-state index in [1.54, 1.807) is 11.8 Å². The summed E-state index contributed by atoms with van der Waals surface area (Å²) in [5, 5.41) is 1.07. The highest BCUT2D eigenvalue weighted by atomic mass is 32.1. The summed E-state index contributed by atoms with van der Waals surface area (Å²) in [5.41, 5.74) is 1.80. The Morgan fingerprint density at radius 3 is 2.82 bits per heavy atom. The number of pyridine rings is 1. The predicted molar refractivity (Wildman–Crippen MR) is 88.5 cm³/mol. The number of amides is 1. The van der Waals surface area contributed by atoms with Gasteiger partial charge in [0.25, 0.3) is 5.91 Å². The average Bonchev–Trinajstić information content (AvgIpc) is 2.73. The first-order valence-corrected chi connectivity index (χ1v) is 8.46. The molecule has 0 spiro atoms. The van der Waals surface area contributed by atoms with Crippen LogP contribution in [0.15, 0.2) is 6.07 Å². The Labute approximate surface area is 134 Å². The summed E-state index contributed by atoms with van der Waals surface area (Å²) in [6, 6.07) is 2.04. The second-order valence-electron chi connectivity index (χ2n) is 6.56. The van der Waals surface area contributed by atoms with Gasteiger partial charge in [0.05, 0.1) is 11.4 Å². The van der Waals surface area contributed by atoms with Crippen LogP contribution in [0.2, 0.25) is 0 Å². The highest BCUT2D eigenvalue weighted by molar-refractivity contribution is 7.20. The van der Waals surface area contributed by atoms with Crippen molar-refractivity contribution in [2.45, 2.75) is 46.2 Å². The van der Waals surface area contributed by atoms with Gasteiger partial charge in [-0.2, -0.15) is 0 Å². The maximum Gasteiger partial charge on any atom is 0.264 e. The number of fused-ring (bicyclic) bond motifs is 1. The van der Waals surface area contributed by atoms with Gasteiger partial charge in [0.15, 0.2) is 0 Å². The number of nitrogens with zero attached hydrogens (tertiary/aromatic N) is 2. The summed E-state index contributed by atoms with van der Waals surface area (Å²) in [6.45, 7) is 8.38. The van der Waals surface area contributed by atoms with Gasteiger partial charge in [-0.05, 0) is 57.7 Å². The molecule has 3 nitrogen and oxygen atoms in total. The lowest BCUT2D eigenvalue weighted by Gasteiger charge is -2.35. The highest BCUT2D eigenvalue weighted by Gasteiger charge is 2.34. The first-order valence-electron chi connectivity index (χ1n) is 7.64. The molecule has 118 valence electrons. The number of carbonyl (C=O) groups is 1. The monoisotopic (exact) mass is 320 g/mol. The molecule has 1 aliphatic rings. The van der Waals surface area contributed by atoms with E-state index in [1.165, 1.54) is 11.3 Å². The van der Waals surface area contributed by atoms with Crippen LogP contribution in [0.25, 0.3) is 10.2 Å². The number of aromatic nitrogens is 1. The Hall–Kier alpha value is -1.49. The fourth-order valence-corrected chi connectivity index (χ4v) is 4.61. The van der Waals surface area contributed by atoms with Crippen LogP contribution in [0, 0.1) is 20.8 Å². The summed E-state index contributed by atoms with van der Waals surface area (Å²) in [4.78, 5) is 20.6. The largest absolute Gasteiger partial charge is 0.335 e. The smallest absolute Gasteiger partial charge is 0.264 e. The topological polar surface area (TPSA) is 33.2 Å². The molecule has 0 radical (unpaired) electrons. The van der Waals surface area contributed by atoms with Crippen LogP contribution < -0.4 is 0 Å². The van der Waals surface area contributed by atoms with E-state index in [4.69, 9.17) is 0 Å². The molecular weight excluding hydrogens is 299 g/mol. The van der Waals surface area contributed by atoms with Crippen molar-refractivity contribution < 1.29 is 9.18 Å². The molecule has 3 rings (SSSR count). The molecule has 0 saturated carbocycles. The number of halogens is 1. The Balaban J connectivity index is 2.01. The predicted octanol–water partition coefficient (Wildman–Crippen LogP) is 4.19. The van der Waals surface area contributed by atoms with Gasteiger partial charge in [0.1, 0.15) is 10.5 Å². The third kappa shape index (κ3) is 2.62. The lowest BCUT2D eigenvalue weighted by Crippen LogP contribution is -2.46. The lowest BCUT2D eigenvalue weighted by atomic mass is 9.96. The molecule has 2 aromatic heterocycles. The summed E-state index contributed by atoms with van der Waals surface area (Å²) < 4.78 is 14.2. The highest BCUT2D eigenvalue weighted by Crippen LogP contribution is 2.34. The van der Waals surface area contributed by atoms with E-state index in [9.17, 15) is 9.18 Å². The summed E-state index contributed by atoms with van der Waals surface area (Å²) in [6.07, 6.45) is 1.25. The quantitative estimate of drug-likeness (QED) is 0.789. The fraction of sp³-hybridized carbons (Fsp3) is 0.529. The molecule has 1 amide bonds. The van der Waals surface area contributed by atoms with Gasteiger partial charge in [-0.15, -0.1) is 11.3 Å². The standard InChI is InChI=1S/C17H21FN2OS/c1-10-8-11(2)19-15-13(10)12(3)14(22-15)16(21)20-7-5-6-17(4,18)9-20/h8H,5-7,9H2,1-4H3. The molecule has 0 N–H and O–H groups in total. The van der Waals surface area contributed by atoms with Crippen molar-refractivity contribution in [2.24, 2.45) is 0 Å². The van der Waals surface area contributed by atoms with Crippen LogP contribution in [0.4, 0.5) is 4.39 Å². The van der Waals surface area contributed by atoms with E-state index in [2.05, 4.69) is 4.98 Å². The molecule has 22 heavy (non-hydrogen) atoms. The Kier molecular flexibility index (Phi) is 3.71. The zero-order valence-electron chi connectivity index (χ0n) is 13.5. The van der Waals surface area contributed by atoms with E-state index in [0.29, 0.717) is 17.8 Å². The molecule has 1 fully saturated rings. The van der Waals surface area contributed by atoms with E-state index < -0.39 is 5.67 Å². The minimum Gasteiger partial charge on any atom is -0.335 e. The van der Waals surface area contributed by atoms with Crippen molar-refractivity contribution >= 4 is 27.5 Å². The molecule has 0 bridgehead atoms. The van der Waals surface area contributed by atoms with Crippen molar-refractivity contribution in [3.63, 3.8) is 0 Å². The van der Waals surface area contributed by atoms with Crippen molar-refractivity contribution in [2.75, 3.05) is 13.1 Å². The van der Waals surface area contributed by atoms with Crippen LogP contribution in [0.5, 0.6) is 0 Å². The number of aryl methyl sites for hydroxylation is 3. The molecule has 1 atom stereocenters. The van der Waals surface area contributed by atoms with Crippen molar-refractivity contribution in [1.82, 2.24) is 9.88 Å². The van der Waals surface area contributed by atoms with Crippen LogP contribution in [-0.2, 0) is 0 Å². The van der Waals surface area contributed by atoms with Crippen molar-refractivity contribution in [1.29, 1.82) is 0 Å². The number of alkyl halides is 1. The lowest BCUT2D eigenvalue weighted by molar-refractivity contribution is 0.0421.